The SMILES string of the molecule is COc1ccc(-n2c3c(c(=O)[nH]c2=O)C[NH+](CCc2ccccc2)CN3)cc1. The highest BCUT2D eigenvalue weighted by molar-refractivity contribution is 5.51. The first-order chi connectivity index (χ1) is 13.7. The van der Waals surface area contributed by atoms with Crippen molar-refractivity contribution in [1.82, 2.24) is 9.55 Å². The lowest BCUT2D eigenvalue weighted by Gasteiger charge is -2.28. The molecule has 0 saturated heterocycles. The summed E-state index contributed by atoms with van der Waals surface area (Å²) >= 11 is 0. The second-order valence-corrected chi connectivity index (χ2v) is 6.89. The van der Waals surface area contributed by atoms with E-state index >= 15 is 0 Å². The second kappa shape index (κ2) is 7.74. The number of quaternary nitrogens is 1. The predicted molar refractivity (Wildman–Crippen MR) is 107 cm³/mol. The summed E-state index contributed by atoms with van der Waals surface area (Å²) in [6, 6.07) is 17.5. The number of nitrogens with one attached hydrogen (secondary N) is 3. The number of hydrogen-bond donors (Lipinski definition) is 3. The van der Waals surface area contributed by atoms with Crippen molar-refractivity contribution in [3.8, 4) is 11.4 Å². The minimum absolute atomic E-state index is 0.325. The van der Waals surface area contributed by atoms with Gasteiger partial charge in [-0.05, 0) is 29.8 Å². The van der Waals surface area contributed by atoms with E-state index in [0.29, 0.717) is 36.0 Å². The molecule has 0 fully saturated rings. The van der Waals surface area contributed by atoms with Gasteiger partial charge in [-0.3, -0.25) is 9.78 Å². The van der Waals surface area contributed by atoms with E-state index in [1.54, 1.807) is 31.4 Å². The van der Waals surface area contributed by atoms with Crippen molar-refractivity contribution < 1.29 is 9.64 Å². The molecule has 0 aliphatic carbocycles. The van der Waals surface area contributed by atoms with Crippen molar-refractivity contribution in [2.75, 3.05) is 25.6 Å². The van der Waals surface area contributed by atoms with Crippen LogP contribution < -0.4 is 26.2 Å². The maximum Gasteiger partial charge on any atom is 0.334 e. The van der Waals surface area contributed by atoms with Crippen LogP contribution in [-0.2, 0) is 13.0 Å². The third kappa shape index (κ3) is 3.57. The lowest BCUT2D eigenvalue weighted by molar-refractivity contribution is -0.912. The molecule has 1 atom stereocenters. The number of aromatic nitrogens is 2. The first kappa shape index (κ1) is 18.1. The normalized spacial score (nSPS) is 15.5. The molecular weight excluding hydrogens is 356 g/mol. The molecule has 1 unspecified atom stereocenters. The van der Waals surface area contributed by atoms with Crippen molar-refractivity contribution in [2.45, 2.75) is 13.0 Å². The fourth-order valence-corrected chi connectivity index (χ4v) is 3.56. The Bertz CT molecular complexity index is 1070. The lowest BCUT2D eigenvalue weighted by Crippen LogP contribution is -3.13. The molecule has 144 valence electrons. The number of H-pyrrole nitrogens is 1. The summed E-state index contributed by atoms with van der Waals surface area (Å²) in [7, 11) is 1.59. The van der Waals surface area contributed by atoms with Gasteiger partial charge >= 0.3 is 5.69 Å². The summed E-state index contributed by atoms with van der Waals surface area (Å²) in [6.45, 7) is 2.12. The first-order valence-corrected chi connectivity index (χ1v) is 9.29. The summed E-state index contributed by atoms with van der Waals surface area (Å²) in [6.07, 6.45) is 0.934. The molecule has 28 heavy (non-hydrogen) atoms. The van der Waals surface area contributed by atoms with Crippen molar-refractivity contribution >= 4 is 5.82 Å². The highest BCUT2D eigenvalue weighted by Crippen LogP contribution is 2.19. The van der Waals surface area contributed by atoms with E-state index in [-0.39, 0.29) is 5.56 Å². The van der Waals surface area contributed by atoms with Gasteiger partial charge in [0.2, 0.25) is 0 Å². The average molecular weight is 379 g/mol. The third-order valence-corrected chi connectivity index (χ3v) is 5.08. The molecule has 3 aromatic rings. The zero-order chi connectivity index (χ0) is 19.5. The van der Waals surface area contributed by atoms with Gasteiger partial charge in [-0.25, -0.2) is 9.36 Å². The van der Waals surface area contributed by atoms with Gasteiger partial charge < -0.3 is 15.0 Å². The van der Waals surface area contributed by atoms with Crippen LogP contribution in [0.1, 0.15) is 11.1 Å². The Morgan fingerprint density at radius 1 is 1.07 bits per heavy atom. The van der Waals surface area contributed by atoms with Gasteiger partial charge in [0.1, 0.15) is 23.7 Å². The Morgan fingerprint density at radius 2 is 1.82 bits per heavy atom. The molecule has 0 amide bonds. The van der Waals surface area contributed by atoms with Crippen LogP contribution in [-0.4, -0.2) is 29.9 Å². The van der Waals surface area contributed by atoms with Crippen LogP contribution in [0.5, 0.6) is 5.75 Å². The quantitative estimate of drug-likeness (QED) is 0.605. The van der Waals surface area contributed by atoms with E-state index in [4.69, 9.17) is 4.74 Å². The first-order valence-electron chi connectivity index (χ1n) is 9.29. The van der Waals surface area contributed by atoms with Crippen molar-refractivity contribution in [1.29, 1.82) is 0 Å². The summed E-state index contributed by atoms with van der Waals surface area (Å²) < 4.78 is 6.70. The van der Waals surface area contributed by atoms with Gasteiger partial charge in [-0.1, -0.05) is 30.3 Å². The van der Waals surface area contributed by atoms with E-state index < -0.39 is 5.69 Å². The number of hydrogen-bond acceptors (Lipinski definition) is 4. The van der Waals surface area contributed by atoms with Crippen LogP contribution >= 0.6 is 0 Å². The van der Waals surface area contributed by atoms with E-state index in [1.807, 2.05) is 18.2 Å². The molecular formula is C21H23N4O3+. The van der Waals surface area contributed by atoms with Gasteiger partial charge in [0.15, 0.2) is 6.67 Å². The van der Waals surface area contributed by atoms with Gasteiger partial charge in [-0.2, -0.15) is 0 Å². The van der Waals surface area contributed by atoms with E-state index in [2.05, 4.69) is 22.4 Å². The topological polar surface area (TPSA) is 80.6 Å². The van der Waals surface area contributed by atoms with Gasteiger partial charge in [-0.15, -0.1) is 0 Å². The monoisotopic (exact) mass is 379 g/mol. The Kier molecular flexibility index (Phi) is 4.99. The molecule has 7 nitrogen and oxygen atoms in total. The number of aromatic amines is 1. The molecule has 0 spiro atoms. The molecule has 2 heterocycles. The molecule has 2 aromatic carbocycles. The number of ether oxygens (including phenoxy) is 1. The molecule has 0 bridgehead atoms. The van der Waals surface area contributed by atoms with Crippen molar-refractivity contribution in [3.63, 3.8) is 0 Å². The summed E-state index contributed by atoms with van der Waals surface area (Å²) in [5.74, 6) is 1.28. The van der Waals surface area contributed by atoms with Crippen molar-refractivity contribution in [3.05, 3.63) is 86.6 Å². The molecule has 7 heteroatoms. The number of benzene rings is 2. The fourth-order valence-electron chi connectivity index (χ4n) is 3.56. The fraction of sp³-hybridized carbons (Fsp3) is 0.238. The van der Waals surface area contributed by atoms with Gasteiger partial charge in [0.25, 0.3) is 5.56 Å². The minimum atomic E-state index is -0.450. The third-order valence-electron chi connectivity index (χ3n) is 5.08. The zero-order valence-corrected chi connectivity index (χ0v) is 15.7. The van der Waals surface area contributed by atoms with E-state index in [1.165, 1.54) is 15.0 Å². The minimum Gasteiger partial charge on any atom is -0.497 e. The van der Waals surface area contributed by atoms with Crippen LogP contribution in [0.3, 0.4) is 0 Å². The number of fused-ring (bicyclic) bond motifs is 1. The van der Waals surface area contributed by atoms with Crippen LogP contribution in [0.25, 0.3) is 5.69 Å². The predicted octanol–water partition coefficient (Wildman–Crippen LogP) is 0.545. The number of methoxy groups -OCH3 is 1. The maximum absolute atomic E-state index is 12.5. The largest absolute Gasteiger partial charge is 0.497 e. The highest BCUT2D eigenvalue weighted by Gasteiger charge is 2.25. The maximum atomic E-state index is 12.5. The zero-order valence-electron chi connectivity index (χ0n) is 15.7. The number of anilines is 1. The van der Waals surface area contributed by atoms with Crippen LogP contribution in [0, 0.1) is 0 Å². The van der Waals surface area contributed by atoms with Gasteiger partial charge in [0, 0.05) is 6.42 Å². The molecule has 1 aliphatic heterocycles. The van der Waals surface area contributed by atoms with Crippen molar-refractivity contribution in [2.24, 2.45) is 0 Å². The Hall–Kier alpha value is -3.32. The molecule has 1 aliphatic rings. The number of rotatable bonds is 5. The number of nitrogens with zero attached hydrogens (tertiary/aromatic N) is 1. The summed E-state index contributed by atoms with van der Waals surface area (Å²) in [4.78, 5) is 28.6. The highest BCUT2D eigenvalue weighted by atomic mass is 16.5. The van der Waals surface area contributed by atoms with E-state index in [9.17, 15) is 9.59 Å². The molecule has 0 saturated carbocycles. The Labute approximate surface area is 162 Å². The molecule has 1 aromatic heterocycles. The standard InChI is InChI=1S/C21H22N4O3/c1-28-17-9-7-16(8-10-17)25-19-18(20(26)23-21(25)27)13-24(14-22-19)12-11-15-5-3-2-4-6-15/h2-10,22H,11-14H2,1H3,(H,23,26,27)/p+1. The Balaban J connectivity index is 1.61. The van der Waals surface area contributed by atoms with Gasteiger partial charge in [0.05, 0.1) is 19.3 Å². The summed E-state index contributed by atoms with van der Waals surface area (Å²) in [5, 5.41) is 3.30. The van der Waals surface area contributed by atoms with Crippen LogP contribution in [0.15, 0.2) is 64.2 Å². The molecule has 4 rings (SSSR count). The molecule has 0 radical (unpaired) electrons. The van der Waals surface area contributed by atoms with Crippen LogP contribution in [0.2, 0.25) is 0 Å². The summed E-state index contributed by atoms with van der Waals surface area (Å²) in [5.41, 5.74) is 1.78. The molecule has 3 N–H and O–H groups in total. The average Bonchev–Trinajstić information content (AvgIpc) is 2.73. The Morgan fingerprint density at radius 3 is 2.54 bits per heavy atom. The smallest absolute Gasteiger partial charge is 0.334 e. The lowest BCUT2D eigenvalue weighted by atomic mass is 10.1. The van der Waals surface area contributed by atoms with E-state index in [0.717, 1.165) is 13.0 Å². The van der Waals surface area contributed by atoms with Crippen LogP contribution in [0.4, 0.5) is 5.82 Å². The second-order valence-electron chi connectivity index (χ2n) is 6.89.